The molecule has 0 bridgehead atoms. The maximum absolute atomic E-state index is 11.5. The average Bonchev–Trinajstić information content (AvgIpc) is 2.77. The molecule has 2 aromatic rings. The van der Waals surface area contributed by atoms with Crippen molar-refractivity contribution in [3.05, 3.63) is 39.3 Å². The van der Waals surface area contributed by atoms with Crippen molar-refractivity contribution in [1.82, 2.24) is 4.98 Å². The van der Waals surface area contributed by atoms with Crippen molar-refractivity contribution in [2.24, 2.45) is 0 Å². The molecule has 0 atom stereocenters. The number of carbonyl (C=O) groups excluding carboxylic acids is 1. The Bertz CT molecular complexity index is 649. The van der Waals surface area contributed by atoms with Crippen molar-refractivity contribution >= 4 is 28.6 Å². The van der Waals surface area contributed by atoms with Crippen molar-refractivity contribution in [3.63, 3.8) is 0 Å². The zero-order chi connectivity index (χ0) is 15.4. The highest BCUT2D eigenvalue weighted by atomic mass is 32.1. The molecular weight excluding hydrogens is 282 g/mol. The van der Waals surface area contributed by atoms with Gasteiger partial charge >= 0.3 is 0 Å². The highest BCUT2D eigenvalue weighted by Gasteiger charge is 2.07. The van der Waals surface area contributed by atoms with Gasteiger partial charge in [-0.3, -0.25) is 4.79 Å². The number of nitrogens with zero attached hydrogens (tertiary/aromatic N) is 1. The maximum atomic E-state index is 11.5. The van der Waals surface area contributed by atoms with Crippen LogP contribution < -0.4 is 10.6 Å². The molecule has 2 N–H and O–H groups in total. The van der Waals surface area contributed by atoms with E-state index in [0.717, 1.165) is 34.2 Å². The van der Waals surface area contributed by atoms with Crippen LogP contribution >= 0.6 is 11.3 Å². The summed E-state index contributed by atoms with van der Waals surface area (Å²) >= 11 is 1.71. The molecule has 5 heteroatoms. The highest BCUT2D eigenvalue weighted by molar-refractivity contribution is 7.11. The number of hydrogen-bond donors (Lipinski definition) is 2. The van der Waals surface area contributed by atoms with Crippen molar-refractivity contribution in [2.45, 2.75) is 40.7 Å². The molecule has 1 heterocycles. The summed E-state index contributed by atoms with van der Waals surface area (Å²) in [6.07, 6.45) is 0.482. The van der Waals surface area contributed by atoms with Crippen LogP contribution in [0.3, 0.4) is 0 Å². The molecule has 0 aliphatic heterocycles. The first-order valence-electron chi connectivity index (χ1n) is 7.07. The summed E-state index contributed by atoms with van der Waals surface area (Å²) in [6.45, 7) is 8.71. The standard InChI is InChI=1S/C16H21N3OS/c1-5-16(20)19-13-7-6-10(2)14(8-13)17-9-15-11(3)18-12(4)21-15/h6-8,17H,5,9H2,1-4H3,(H,19,20). The Labute approximate surface area is 129 Å². The zero-order valence-electron chi connectivity index (χ0n) is 12.9. The third kappa shape index (κ3) is 4.04. The molecule has 1 aromatic heterocycles. The fourth-order valence-corrected chi connectivity index (χ4v) is 2.93. The van der Waals surface area contributed by atoms with E-state index in [1.165, 1.54) is 4.88 Å². The fraction of sp³-hybridized carbons (Fsp3) is 0.375. The van der Waals surface area contributed by atoms with Crippen LogP contribution in [0.2, 0.25) is 0 Å². The van der Waals surface area contributed by atoms with Crippen molar-refractivity contribution in [3.8, 4) is 0 Å². The van der Waals surface area contributed by atoms with Crippen LogP contribution in [0.5, 0.6) is 0 Å². The summed E-state index contributed by atoms with van der Waals surface area (Å²) in [5.41, 5.74) is 4.10. The Kier molecular flexibility index (Phi) is 4.96. The molecule has 0 radical (unpaired) electrons. The molecule has 0 saturated carbocycles. The topological polar surface area (TPSA) is 54.0 Å². The quantitative estimate of drug-likeness (QED) is 0.877. The lowest BCUT2D eigenvalue weighted by atomic mass is 10.1. The van der Waals surface area contributed by atoms with E-state index in [2.05, 4.69) is 22.5 Å². The van der Waals surface area contributed by atoms with Crippen LogP contribution in [0.4, 0.5) is 11.4 Å². The largest absolute Gasteiger partial charge is 0.380 e. The molecule has 0 aliphatic rings. The van der Waals surface area contributed by atoms with Gasteiger partial charge in [0.05, 0.1) is 17.2 Å². The minimum absolute atomic E-state index is 0.0266. The number of amides is 1. The normalized spacial score (nSPS) is 10.5. The minimum Gasteiger partial charge on any atom is -0.380 e. The Morgan fingerprint density at radius 3 is 2.67 bits per heavy atom. The van der Waals surface area contributed by atoms with Gasteiger partial charge in [0, 0.05) is 22.7 Å². The Morgan fingerprint density at radius 2 is 2.05 bits per heavy atom. The lowest BCUT2D eigenvalue weighted by Gasteiger charge is -2.12. The monoisotopic (exact) mass is 303 g/mol. The Hall–Kier alpha value is -1.88. The van der Waals surface area contributed by atoms with Crippen LogP contribution in [0.15, 0.2) is 18.2 Å². The lowest BCUT2D eigenvalue weighted by molar-refractivity contribution is -0.115. The van der Waals surface area contributed by atoms with E-state index in [9.17, 15) is 4.79 Å². The third-order valence-electron chi connectivity index (χ3n) is 3.28. The summed E-state index contributed by atoms with van der Waals surface area (Å²) in [5.74, 6) is 0.0266. The smallest absolute Gasteiger partial charge is 0.224 e. The molecule has 2 rings (SSSR count). The van der Waals surface area contributed by atoms with Crippen molar-refractivity contribution in [2.75, 3.05) is 10.6 Å². The number of rotatable bonds is 5. The fourth-order valence-electron chi connectivity index (χ4n) is 2.05. The van der Waals surface area contributed by atoms with E-state index in [1.54, 1.807) is 11.3 Å². The third-order valence-corrected chi connectivity index (χ3v) is 4.35. The summed E-state index contributed by atoms with van der Waals surface area (Å²) in [7, 11) is 0. The zero-order valence-corrected chi connectivity index (χ0v) is 13.7. The maximum Gasteiger partial charge on any atom is 0.224 e. The first kappa shape index (κ1) is 15.5. The minimum atomic E-state index is 0.0266. The second-order valence-electron chi connectivity index (χ2n) is 5.03. The van der Waals surface area contributed by atoms with E-state index in [0.29, 0.717) is 6.42 Å². The van der Waals surface area contributed by atoms with E-state index in [1.807, 2.05) is 39.0 Å². The van der Waals surface area contributed by atoms with Crippen LogP contribution in [-0.4, -0.2) is 10.9 Å². The van der Waals surface area contributed by atoms with E-state index >= 15 is 0 Å². The first-order valence-corrected chi connectivity index (χ1v) is 7.88. The molecule has 0 fully saturated rings. The number of thiazole rings is 1. The van der Waals surface area contributed by atoms with Gasteiger partial charge in [0.25, 0.3) is 0 Å². The van der Waals surface area contributed by atoms with Gasteiger partial charge in [0.2, 0.25) is 5.91 Å². The van der Waals surface area contributed by atoms with E-state index in [4.69, 9.17) is 0 Å². The number of aryl methyl sites for hydroxylation is 3. The van der Waals surface area contributed by atoms with Crippen LogP contribution in [0.1, 0.15) is 34.5 Å². The summed E-state index contributed by atoms with van der Waals surface area (Å²) < 4.78 is 0. The number of hydrogen-bond acceptors (Lipinski definition) is 4. The van der Waals surface area contributed by atoms with Crippen molar-refractivity contribution in [1.29, 1.82) is 0 Å². The molecule has 0 saturated heterocycles. The van der Waals surface area contributed by atoms with Gasteiger partial charge in [-0.1, -0.05) is 13.0 Å². The number of carbonyl (C=O) groups is 1. The predicted molar refractivity (Wildman–Crippen MR) is 89.0 cm³/mol. The lowest BCUT2D eigenvalue weighted by Crippen LogP contribution is -2.10. The van der Waals surface area contributed by atoms with Crippen LogP contribution in [-0.2, 0) is 11.3 Å². The molecule has 0 unspecified atom stereocenters. The Balaban J connectivity index is 2.10. The van der Waals surface area contributed by atoms with Gasteiger partial charge in [-0.15, -0.1) is 11.3 Å². The second-order valence-corrected chi connectivity index (χ2v) is 6.31. The SMILES string of the molecule is CCC(=O)Nc1ccc(C)c(NCc2sc(C)nc2C)c1. The highest BCUT2D eigenvalue weighted by Crippen LogP contribution is 2.23. The number of benzene rings is 1. The van der Waals surface area contributed by atoms with E-state index in [-0.39, 0.29) is 5.91 Å². The van der Waals surface area contributed by atoms with Gasteiger partial charge in [-0.25, -0.2) is 4.98 Å². The van der Waals surface area contributed by atoms with Gasteiger partial charge in [0.15, 0.2) is 0 Å². The first-order chi connectivity index (χ1) is 9.99. The average molecular weight is 303 g/mol. The summed E-state index contributed by atoms with van der Waals surface area (Å²) in [4.78, 5) is 17.1. The number of nitrogens with one attached hydrogen (secondary N) is 2. The van der Waals surface area contributed by atoms with Crippen LogP contribution in [0.25, 0.3) is 0 Å². The molecule has 21 heavy (non-hydrogen) atoms. The van der Waals surface area contributed by atoms with Crippen LogP contribution in [0, 0.1) is 20.8 Å². The van der Waals surface area contributed by atoms with Gasteiger partial charge < -0.3 is 10.6 Å². The van der Waals surface area contributed by atoms with E-state index < -0.39 is 0 Å². The van der Waals surface area contributed by atoms with Crippen molar-refractivity contribution < 1.29 is 4.79 Å². The number of aromatic nitrogens is 1. The molecule has 0 spiro atoms. The molecule has 1 amide bonds. The predicted octanol–water partition coefficient (Wildman–Crippen LogP) is 4.03. The summed E-state index contributed by atoms with van der Waals surface area (Å²) in [5, 5.41) is 7.41. The molecule has 0 aliphatic carbocycles. The molecule has 112 valence electrons. The van der Waals surface area contributed by atoms with Gasteiger partial charge in [0.1, 0.15) is 0 Å². The summed E-state index contributed by atoms with van der Waals surface area (Å²) in [6, 6.07) is 5.92. The second kappa shape index (κ2) is 6.72. The van der Waals surface area contributed by atoms with Gasteiger partial charge in [-0.2, -0.15) is 0 Å². The molecular formula is C16H21N3OS. The number of anilines is 2. The molecule has 1 aromatic carbocycles. The van der Waals surface area contributed by atoms with Gasteiger partial charge in [-0.05, 0) is 38.5 Å². The molecule has 4 nitrogen and oxygen atoms in total. The Morgan fingerprint density at radius 1 is 1.29 bits per heavy atom.